The maximum atomic E-state index is 14.9. The van der Waals surface area contributed by atoms with Gasteiger partial charge in [0.1, 0.15) is 11.5 Å². The van der Waals surface area contributed by atoms with Crippen LogP contribution in [-0.2, 0) is 53.6 Å². The molecule has 0 aromatic heterocycles. The minimum atomic E-state index is -1.64. The fraction of sp³-hybridized carbons (Fsp3) is 0.763. The first kappa shape index (κ1) is 59.5. The lowest BCUT2D eigenvalue weighted by Gasteiger charge is -2.35. The van der Waals surface area contributed by atoms with Gasteiger partial charge in [-0.2, -0.15) is 12.6 Å². The van der Waals surface area contributed by atoms with Gasteiger partial charge in [-0.3, -0.25) is 9.59 Å². The molecule has 0 radical (unpaired) electrons. The third kappa shape index (κ3) is 19.0. The highest BCUT2D eigenvalue weighted by Gasteiger charge is 2.49. The Bertz CT molecular complexity index is 1670. The van der Waals surface area contributed by atoms with Crippen LogP contribution in [0, 0.1) is 5.41 Å². The van der Waals surface area contributed by atoms with Crippen molar-refractivity contribution < 1.29 is 29.3 Å². The Hall–Kier alpha value is -2.67. The van der Waals surface area contributed by atoms with Crippen LogP contribution in [0.1, 0.15) is 271 Å². The number of thiol groups is 1. The fourth-order valence-corrected chi connectivity index (χ4v) is 9.85. The zero-order chi connectivity index (χ0) is 49.8. The van der Waals surface area contributed by atoms with E-state index in [0.29, 0.717) is 12.2 Å². The molecule has 66 heavy (non-hydrogen) atoms. The van der Waals surface area contributed by atoms with Crippen LogP contribution in [0.2, 0.25) is 0 Å². The van der Waals surface area contributed by atoms with Crippen molar-refractivity contribution in [2.75, 3.05) is 19.0 Å². The van der Waals surface area contributed by atoms with E-state index in [9.17, 15) is 19.8 Å². The molecule has 0 heterocycles. The van der Waals surface area contributed by atoms with Gasteiger partial charge in [-0.15, -0.1) is 0 Å². The summed E-state index contributed by atoms with van der Waals surface area (Å²) < 4.78 is 12.4. The lowest BCUT2D eigenvalue weighted by atomic mass is 9.70. The second-order valence-corrected chi connectivity index (χ2v) is 24.3. The molecular weight excluding hydrogens is 837 g/mol. The molecule has 0 spiro atoms. The number of hydrogen-bond donors (Lipinski definition) is 3. The standard InChI is InChI=1S/C59H100O6S/c1-15-17-19-21-23-25-27-29-31-33-36-64-53(62)59(35-38-66,54(63)65-37-34-32-30-28-26-24-22-20-18-16-2)43-45-42-49(57(9,10)11)52(61)50(58(12,13)14)46(45)39-44-40-47(55(3,4)5)51(60)48(41-44)56(6,7)8/h40-42,60-61,66H,15-39,43H2,1-14H3. The van der Waals surface area contributed by atoms with E-state index in [4.69, 9.17) is 22.1 Å². The molecule has 0 aliphatic rings. The average Bonchev–Trinajstić information content (AvgIpc) is 3.21. The van der Waals surface area contributed by atoms with Gasteiger partial charge in [0.2, 0.25) is 0 Å². The molecule has 0 saturated carbocycles. The smallest absolute Gasteiger partial charge is 0.323 e. The number of hydrogen-bond acceptors (Lipinski definition) is 7. The zero-order valence-electron chi connectivity index (χ0n) is 45.1. The molecule has 378 valence electrons. The minimum absolute atomic E-state index is 0.0550. The molecule has 0 unspecified atom stereocenters. The van der Waals surface area contributed by atoms with E-state index in [1.54, 1.807) is 0 Å². The number of carbonyl (C=O) groups is 2. The number of carbonyl (C=O) groups excluding carboxylic acids is 2. The predicted octanol–water partition coefficient (Wildman–Crippen LogP) is 16.7. The topological polar surface area (TPSA) is 93.1 Å². The molecule has 0 bridgehead atoms. The second-order valence-electron chi connectivity index (χ2n) is 23.9. The summed E-state index contributed by atoms with van der Waals surface area (Å²) in [6, 6.07) is 6.23. The summed E-state index contributed by atoms with van der Waals surface area (Å²) in [5, 5.41) is 24.1. The number of aromatic hydroxyl groups is 2. The largest absolute Gasteiger partial charge is 0.507 e. The van der Waals surface area contributed by atoms with E-state index >= 15 is 0 Å². The maximum absolute atomic E-state index is 14.9. The van der Waals surface area contributed by atoms with Crippen LogP contribution in [0.4, 0.5) is 0 Å². The first-order valence-corrected chi connectivity index (χ1v) is 27.2. The van der Waals surface area contributed by atoms with Gasteiger partial charge in [-0.05, 0) is 92.9 Å². The van der Waals surface area contributed by atoms with Crippen molar-refractivity contribution in [1.29, 1.82) is 0 Å². The Balaban J connectivity index is 2.70. The van der Waals surface area contributed by atoms with Crippen LogP contribution < -0.4 is 0 Å². The summed E-state index contributed by atoms with van der Waals surface area (Å²) in [6.07, 6.45) is 24.0. The van der Waals surface area contributed by atoms with Gasteiger partial charge in [-0.25, -0.2) is 0 Å². The lowest BCUT2D eigenvalue weighted by Crippen LogP contribution is -2.45. The molecular formula is C59H100O6S. The molecule has 0 fully saturated rings. The van der Waals surface area contributed by atoms with E-state index in [-0.39, 0.29) is 48.4 Å². The molecule has 6 nitrogen and oxygen atoms in total. The summed E-state index contributed by atoms with van der Waals surface area (Å²) in [4.78, 5) is 29.8. The summed E-state index contributed by atoms with van der Waals surface area (Å²) in [5.74, 6) is -0.267. The van der Waals surface area contributed by atoms with E-state index in [0.717, 1.165) is 77.5 Å². The van der Waals surface area contributed by atoms with Gasteiger partial charge in [0.25, 0.3) is 0 Å². The summed E-state index contributed by atoms with van der Waals surface area (Å²) in [6.45, 7) is 30.3. The molecule has 0 aliphatic carbocycles. The fourth-order valence-electron chi connectivity index (χ4n) is 9.47. The van der Waals surface area contributed by atoms with E-state index in [1.165, 1.54) is 89.9 Å². The highest BCUT2D eigenvalue weighted by molar-refractivity contribution is 7.80. The number of unbranched alkanes of at least 4 members (excludes halogenated alkanes) is 18. The Morgan fingerprint density at radius 3 is 1.18 bits per heavy atom. The Morgan fingerprint density at radius 1 is 0.500 bits per heavy atom. The van der Waals surface area contributed by atoms with E-state index in [1.807, 2.05) is 6.07 Å². The molecule has 0 aliphatic heterocycles. The first-order valence-electron chi connectivity index (χ1n) is 26.6. The van der Waals surface area contributed by atoms with Gasteiger partial charge < -0.3 is 19.7 Å². The average molecular weight is 938 g/mol. The van der Waals surface area contributed by atoms with Crippen LogP contribution in [0.5, 0.6) is 11.5 Å². The predicted molar refractivity (Wildman–Crippen MR) is 284 cm³/mol. The number of esters is 2. The Labute approximate surface area is 411 Å². The van der Waals surface area contributed by atoms with Crippen molar-refractivity contribution in [3.63, 3.8) is 0 Å². The number of phenols is 2. The van der Waals surface area contributed by atoms with Gasteiger partial charge in [-0.1, -0.05) is 231 Å². The highest BCUT2D eigenvalue weighted by atomic mass is 32.1. The Kier molecular flexibility index (Phi) is 25.3. The Morgan fingerprint density at radius 2 is 0.848 bits per heavy atom. The lowest BCUT2D eigenvalue weighted by molar-refractivity contribution is -0.173. The molecule has 0 atom stereocenters. The van der Waals surface area contributed by atoms with Crippen molar-refractivity contribution in [1.82, 2.24) is 0 Å². The monoisotopic (exact) mass is 937 g/mol. The second kappa shape index (κ2) is 28.1. The van der Waals surface area contributed by atoms with Crippen LogP contribution in [-0.4, -0.2) is 41.1 Å². The van der Waals surface area contributed by atoms with Crippen molar-refractivity contribution >= 4 is 24.6 Å². The number of rotatable bonds is 30. The van der Waals surface area contributed by atoms with Crippen molar-refractivity contribution in [3.8, 4) is 11.5 Å². The SMILES string of the molecule is CCCCCCCCCCCCOC(=O)C(CCS)(Cc1cc(C(C)(C)C)c(O)c(C(C)(C)C)c1Cc1cc(C(C)(C)C)c(O)c(C(C)(C)C)c1)C(=O)OCCCCCCCCCCCC. The quantitative estimate of drug-likeness (QED) is 0.0313. The normalized spacial score (nSPS) is 12.8. The van der Waals surface area contributed by atoms with Gasteiger partial charge in [0, 0.05) is 5.56 Å². The van der Waals surface area contributed by atoms with Crippen LogP contribution in [0.3, 0.4) is 0 Å². The maximum Gasteiger partial charge on any atom is 0.323 e. The molecule has 2 aromatic rings. The number of phenolic OH excluding ortho intramolecular Hbond substituents is 2. The van der Waals surface area contributed by atoms with Gasteiger partial charge >= 0.3 is 11.9 Å². The summed E-state index contributed by atoms with van der Waals surface area (Å²) in [7, 11) is 0. The summed E-state index contributed by atoms with van der Waals surface area (Å²) in [5.41, 5.74) is 2.68. The number of benzene rings is 2. The summed E-state index contributed by atoms with van der Waals surface area (Å²) >= 11 is 4.70. The third-order valence-electron chi connectivity index (χ3n) is 13.5. The van der Waals surface area contributed by atoms with Crippen LogP contribution in [0.25, 0.3) is 0 Å². The van der Waals surface area contributed by atoms with Crippen molar-refractivity contribution in [2.45, 2.75) is 266 Å². The van der Waals surface area contributed by atoms with E-state index < -0.39 is 28.2 Å². The highest BCUT2D eigenvalue weighted by Crippen LogP contribution is 2.47. The molecule has 2 aromatic carbocycles. The van der Waals surface area contributed by atoms with Gasteiger partial charge in [0.15, 0.2) is 5.41 Å². The number of ether oxygens (including phenoxy) is 2. The van der Waals surface area contributed by atoms with E-state index in [2.05, 4.69) is 109 Å². The van der Waals surface area contributed by atoms with Crippen LogP contribution >= 0.6 is 12.6 Å². The van der Waals surface area contributed by atoms with Crippen molar-refractivity contribution in [3.05, 3.63) is 57.1 Å². The molecule has 2 N–H and O–H groups in total. The zero-order valence-corrected chi connectivity index (χ0v) is 46.0. The molecule has 7 heteroatoms. The molecule has 0 saturated heterocycles. The van der Waals surface area contributed by atoms with Crippen molar-refractivity contribution in [2.24, 2.45) is 5.41 Å². The molecule has 0 amide bonds. The molecule has 2 rings (SSSR count). The third-order valence-corrected chi connectivity index (χ3v) is 13.7. The minimum Gasteiger partial charge on any atom is -0.507 e. The van der Waals surface area contributed by atoms with Gasteiger partial charge in [0.05, 0.1) is 13.2 Å². The first-order chi connectivity index (χ1) is 30.9. The van der Waals surface area contributed by atoms with Crippen LogP contribution in [0.15, 0.2) is 18.2 Å².